The number of hydrogen-bond acceptors (Lipinski definition) is 8. The van der Waals surface area contributed by atoms with Crippen molar-refractivity contribution in [3.8, 4) is 0 Å². The topological polar surface area (TPSA) is 168 Å². The number of rotatable bonds is 10. The number of aromatic nitrogens is 6. The lowest BCUT2D eigenvalue weighted by atomic mass is 10.2. The molecule has 0 saturated heterocycles. The van der Waals surface area contributed by atoms with E-state index in [2.05, 4.69) is 34.2 Å². The van der Waals surface area contributed by atoms with E-state index in [0.717, 1.165) is 11.8 Å². The number of aliphatic carboxylic acids is 1. The number of nitrogens with zero attached hydrogens (tertiary/aromatic N) is 6. The third-order valence-corrected chi connectivity index (χ3v) is 4.19. The molecule has 14 nitrogen and oxygen atoms in total. The Labute approximate surface area is 208 Å². The highest BCUT2D eigenvalue weighted by atomic mass is 16.6. The molecule has 2 rings (SSSR count). The summed E-state index contributed by atoms with van der Waals surface area (Å²) < 4.78 is 11.0. The summed E-state index contributed by atoms with van der Waals surface area (Å²) in [6, 6.07) is 0. The van der Waals surface area contributed by atoms with Gasteiger partial charge in [0.05, 0.1) is 29.5 Å². The highest BCUT2D eigenvalue weighted by Gasteiger charge is 2.21. The highest BCUT2D eigenvalue weighted by molar-refractivity contribution is 5.87. The molecule has 0 aliphatic heterocycles. The minimum atomic E-state index is -1.22. The maximum Gasteiger partial charge on any atom is 0.351 e. The van der Waals surface area contributed by atoms with E-state index in [1.807, 2.05) is 20.8 Å². The van der Waals surface area contributed by atoms with Crippen LogP contribution < -0.4 is 25.1 Å². The summed E-state index contributed by atoms with van der Waals surface area (Å²) in [6.07, 6.45) is 5.57. The number of carboxylic acids is 1. The van der Waals surface area contributed by atoms with Gasteiger partial charge in [-0.05, 0) is 32.9 Å². The first-order valence-electron chi connectivity index (χ1n) is 10.8. The lowest BCUT2D eigenvalue weighted by Crippen LogP contribution is -2.45. The van der Waals surface area contributed by atoms with Crippen LogP contribution in [0.1, 0.15) is 32.2 Å². The Balaban J connectivity index is 0.000000369. The number of aryl methyl sites for hydroxylation is 2. The van der Waals surface area contributed by atoms with E-state index in [9.17, 15) is 24.3 Å². The zero-order valence-corrected chi connectivity index (χ0v) is 21.2. The number of hydrogen-bond donors (Lipinski definition) is 2. The number of amides is 2. The predicted octanol–water partition coefficient (Wildman–Crippen LogP) is -2.89. The number of esters is 1. The van der Waals surface area contributed by atoms with Crippen LogP contribution in [0.5, 0.6) is 0 Å². The second-order valence-electron chi connectivity index (χ2n) is 8.46. The summed E-state index contributed by atoms with van der Waals surface area (Å²) in [4.78, 5) is 44.0. The SMILES string of the molecule is C=CC(=O)NCc1c[n+](CC(=O)OC(C)(C)C)nn1C.C=CC(=O)NCc1c[n+](CC(=O)[O-])nn1C. The van der Waals surface area contributed by atoms with Crippen LogP contribution in [0.4, 0.5) is 0 Å². The summed E-state index contributed by atoms with van der Waals surface area (Å²) in [7, 11) is 3.39. The van der Waals surface area contributed by atoms with E-state index in [4.69, 9.17) is 4.74 Å². The van der Waals surface area contributed by atoms with E-state index in [1.54, 1.807) is 25.0 Å². The molecule has 0 saturated carbocycles. The standard InChI is InChI=1S/C13H20N4O3.C9H12N4O3/c1-6-11(18)14-7-10-8-17(15-16(10)5)9-12(19)20-13(2,3)4;1-3-8(14)10-4-7-5-13(6-9(15)16)11-12(7)2/h6,8H,1,7,9H2,2-5H3;3,5H,1,4,6H2,2H3,(H-,10,14,15,16)/p+1. The van der Waals surface area contributed by atoms with Crippen molar-refractivity contribution < 1.29 is 38.4 Å². The second kappa shape index (κ2) is 13.5. The Bertz CT molecular complexity index is 1110. The lowest BCUT2D eigenvalue weighted by molar-refractivity contribution is -0.748. The maximum absolute atomic E-state index is 11.7. The molecule has 2 N–H and O–H groups in total. The predicted molar refractivity (Wildman–Crippen MR) is 122 cm³/mol. The van der Waals surface area contributed by atoms with Crippen molar-refractivity contribution in [2.24, 2.45) is 14.1 Å². The van der Waals surface area contributed by atoms with E-state index < -0.39 is 11.6 Å². The first-order chi connectivity index (χ1) is 16.7. The molecule has 14 heteroatoms. The average Bonchev–Trinajstić information content (AvgIpc) is 3.29. The quantitative estimate of drug-likeness (QED) is 0.197. The van der Waals surface area contributed by atoms with Crippen molar-refractivity contribution in [1.82, 2.24) is 30.4 Å². The molecule has 0 spiro atoms. The Kier molecular flexibility index (Phi) is 11.1. The first kappa shape index (κ1) is 29.7. The molecule has 0 fully saturated rings. The highest BCUT2D eigenvalue weighted by Crippen LogP contribution is 2.06. The average molecular weight is 506 g/mol. The summed E-state index contributed by atoms with van der Waals surface area (Å²) in [5.74, 6) is -2.13. The van der Waals surface area contributed by atoms with Crippen LogP contribution in [0, 0.1) is 0 Å². The van der Waals surface area contributed by atoms with Crippen LogP contribution in [0.3, 0.4) is 0 Å². The van der Waals surface area contributed by atoms with Crippen molar-refractivity contribution in [1.29, 1.82) is 0 Å². The molecule has 0 aromatic carbocycles. The molecule has 0 aliphatic carbocycles. The number of ether oxygens (including phenoxy) is 1. The van der Waals surface area contributed by atoms with E-state index >= 15 is 0 Å². The number of carbonyl (C=O) groups excluding carboxylic acids is 4. The molecule has 2 amide bonds. The van der Waals surface area contributed by atoms with E-state index in [-0.39, 0.29) is 37.4 Å². The van der Waals surface area contributed by atoms with Crippen molar-refractivity contribution in [3.05, 3.63) is 49.1 Å². The zero-order valence-electron chi connectivity index (χ0n) is 21.2. The molecule has 0 unspecified atom stereocenters. The molecular weight excluding hydrogens is 472 g/mol. The molecule has 196 valence electrons. The largest absolute Gasteiger partial charge is 0.546 e. The monoisotopic (exact) mass is 505 g/mol. The van der Waals surface area contributed by atoms with Gasteiger partial charge in [0.25, 0.3) is 0 Å². The third kappa shape index (κ3) is 11.2. The number of nitrogens with one attached hydrogen (secondary N) is 2. The normalized spacial score (nSPS) is 10.5. The van der Waals surface area contributed by atoms with Gasteiger partial charge in [-0.1, -0.05) is 13.2 Å². The smallest absolute Gasteiger partial charge is 0.351 e. The van der Waals surface area contributed by atoms with Crippen LogP contribution in [0.15, 0.2) is 37.7 Å². The van der Waals surface area contributed by atoms with Crippen LogP contribution >= 0.6 is 0 Å². The summed E-state index contributed by atoms with van der Waals surface area (Å²) in [5, 5.41) is 23.6. The van der Waals surface area contributed by atoms with Gasteiger partial charge in [0.2, 0.25) is 18.4 Å². The molecule has 36 heavy (non-hydrogen) atoms. The molecule has 2 aromatic rings. The van der Waals surface area contributed by atoms with Crippen molar-refractivity contribution >= 4 is 23.8 Å². The fourth-order valence-electron chi connectivity index (χ4n) is 2.63. The first-order valence-corrected chi connectivity index (χ1v) is 10.8. The number of carboxylic acid groups (broad SMARTS) is 1. The molecule has 0 atom stereocenters. The molecule has 2 aromatic heterocycles. The second-order valence-corrected chi connectivity index (χ2v) is 8.46. The van der Waals surface area contributed by atoms with Crippen LogP contribution in [-0.2, 0) is 64.2 Å². The Morgan fingerprint density at radius 2 is 1.36 bits per heavy atom. The van der Waals surface area contributed by atoms with Gasteiger partial charge < -0.3 is 25.3 Å². The maximum atomic E-state index is 11.7. The molecule has 0 bridgehead atoms. The van der Waals surface area contributed by atoms with Gasteiger partial charge in [-0.3, -0.25) is 9.59 Å². The van der Waals surface area contributed by atoms with Gasteiger partial charge in [0, 0.05) is 0 Å². The van der Waals surface area contributed by atoms with Gasteiger partial charge in [0.1, 0.15) is 19.7 Å². The van der Waals surface area contributed by atoms with Gasteiger partial charge in [0.15, 0.2) is 30.3 Å². The Morgan fingerprint density at radius 3 is 1.72 bits per heavy atom. The Hall–Kier alpha value is -4.36. The Morgan fingerprint density at radius 1 is 0.944 bits per heavy atom. The minimum absolute atomic E-state index is 0.0283. The number of carbonyl (C=O) groups is 4. The van der Waals surface area contributed by atoms with Crippen LogP contribution in [0.2, 0.25) is 0 Å². The van der Waals surface area contributed by atoms with Crippen molar-refractivity contribution in [2.45, 2.75) is 52.6 Å². The molecule has 2 heterocycles. The van der Waals surface area contributed by atoms with Crippen LogP contribution in [-0.4, -0.2) is 49.1 Å². The fourth-order valence-corrected chi connectivity index (χ4v) is 2.63. The molecule has 0 radical (unpaired) electrons. The third-order valence-electron chi connectivity index (χ3n) is 4.19. The van der Waals surface area contributed by atoms with Gasteiger partial charge in [-0.25, -0.2) is 4.79 Å². The summed E-state index contributed by atoms with van der Waals surface area (Å²) in [5.41, 5.74) is 0.924. The van der Waals surface area contributed by atoms with E-state index in [1.165, 1.54) is 26.3 Å². The van der Waals surface area contributed by atoms with Crippen molar-refractivity contribution in [2.75, 3.05) is 0 Å². The zero-order chi connectivity index (χ0) is 27.5. The molecule has 0 aliphatic rings. The fraction of sp³-hybridized carbons (Fsp3) is 0.455. The lowest BCUT2D eigenvalue weighted by Gasteiger charge is -2.18. The molecular formula is C22H33N8O6+. The summed E-state index contributed by atoms with van der Waals surface area (Å²) in [6.45, 7) is 12.4. The van der Waals surface area contributed by atoms with Gasteiger partial charge in [-0.2, -0.15) is 0 Å². The minimum Gasteiger partial charge on any atom is -0.546 e. The van der Waals surface area contributed by atoms with E-state index in [0.29, 0.717) is 12.2 Å². The van der Waals surface area contributed by atoms with Crippen molar-refractivity contribution in [3.63, 3.8) is 0 Å². The van der Waals surface area contributed by atoms with Crippen LogP contribution in [0.25, 0.3) is 0 Å². The van der Waals surface area contributed by atoms with Gasteiger partial charge >= 0.3 is 5.97 Å². The summed E-state index contributed by atoms with van der Waals surface area (Å²) >= 11 is 0. The van der Waals surface area contributed by atoms with Gasteiger partial charge in [-0.15, -0.1) is 18.7 Å².